The van der Waals surface area contributed by atoms with Crippen molar-refractivity contribution in [1.29, 1.82) is 0 Å². The van der Waals surface area contributed by atoms with Gasteiger partial charge in [0.05, 0.1) is 12.2 Å². The Hall–Kier alpha value is -1.40. The van der Waals surface area contributed by atoms with Crippen molar-refractivity contribution in [2.75, 3.05) is 0 Å². The molecule has 1 saturated heterocycles. The minimum Gasteiger partial charge on any atom is -0.390 e. The molecule has 0 saturated carbocycles. The van der Waals surface area contributed by atoms with Gasteiger partial charge < -0.3 is 9.84 Å². The summed E-state index contributed by atoms with van der Waals surface area (Å²) < 4.78 is 6.81. The van der Waals surface area contributed by atoms with Crippen LogP contribution in [0.4, 0.5) is 0 Å². The molecule has 2 N–H and O–H groups in total. The van der Waals surface area contributed by atoms with Gasteiger partial charge in [0.25, 0.3) is 5.56 Å². The van der Waals surface area contributed by atoms with Crippen molar-refractivity contribution in [1.82, 2.24) is 9.55 Å². The molecular formula is C10H14N2O4. The van der Waals surface area contributed by atoms with Gasteiger partial charge in [0.15, 0.2) is 0 Å². The Morgan fingerprint density at radius 1 is 1.62 bits per heavy atom. The third-order valence-electron chi connectivity index (χ3n) is 2.77. The standard InChI is InChI=1S/C10H14N2O4/c1-2-7-6(13)5-9(16-7)12-4-3-8(14)11-10(12)15/h3-4,6-7,9,13H,2,5H2,1H3,(H,11,14,15)/t6-,7+,9?/m0/s1. The van der Waals surface area contributed by atoms with Crippen LogP contribution >= 0.6 is 0 Å². The van der Waals surface area contributed by atoms with Crippen molar-refractivity contribution in [3.05, 3.63) is 33.1 Å². The molecule has 1 aromatic rings. The molecule has 0 amide bonds. The predicted octanol–water partition coefficient (Wildman–Crippen LogP) is -0.405. The lowest BCUT2D eigenvalue weighted by atomic mass is 10.1. The second-order valence-electron chi connectivity index (χ2n) is 3.86. The van der Waals surface area contributed by atoms with E-state index in [0.717, 1.165) is 0 Å². The van der Waals surface area contributed by atoms with Crippen LogP contribution in [0.1, 0.15) is 26.0 Å². The van der Waals surface area contributed by atoms with E-state index in [1.165, 1.54) is 16.8 Å². The number of rotatable bonds is 2. The topological polar surface area (TPSA) is 84.3 Å². The van der Waals surface area contributed by atoms with E-state index in [4.69, 9.17) is 4.74 Å². The summed E-state index contributed by atoms with van der Waals surface area (Å²) in [5.74, 6) is 0. The average Bonchev–Trinajstić information content (AvgIpc) is 2.59. The summed E-state index contributed by atoms with van der Waals surface area (Å²) in [6.07, 6.45) is 1.14. The molecule has 1 aromatic heterocycles. The summed E-state index contributed by atoms with van der Waals surface area (Å²) in [4.78, 5) is 24.5. The van der Waals surface area contributed by atoms with Gasteiger partial charge in [-0.2, -0.15) is 0 Å². The van der Waals surface area contributed by atoms with E-state index in [1.54, 1.807) is 0 Å². The Morgan fingerprint density at radius 2 is 2.38 bits per heavy atom. The van der Waals surface area contributed by atoms with E-state index in [9.17, 15) is 14.7 Å². The average molecular weight is 226 g/mol. The van der Waals surface area contributed by atoms with E-state index >= 15 is 0 Å². The van der Waals surface area contributed by atoms with Gasteiger partial charge in [0, 0.05) is 18.7 Å². The van der Waals surface area contributed by atoms with Crippen LogP contribution in [-0.2, 0) is 4.74 Å². The van der Waals surface area contributed by atoms with Gasteiger partial charge in [-0.25, -0.2) is 4.79 Å². The maximum Gasteiger partial charge on any atom is 0.330 e. The Kier molecular flexibility index (Phi) is 2.93. The normalized spacial score (nSPS) is 29.5. The van der Waals surface area contributed by atoms with Crippen LogP contribution in [0.2, 0.25) is 0 Å². The second kappa shape index (κ2) is 4.23. The molecular weight excluding hydrogens is 212 g/mol. The molecule has 1 fully saturated rings. The number of aromatic nitrogens is 2. The summed E-state index contributed by atoms with van der Waals surface area (Å²) in [6.45, 7) is 1.91. The molecule has 2 rings (SSSR count). The SMILES string of the molecule is CC[C@H]1OC(n2ccc(=O)[nH]c2=O)C[C@@H]1O. The van der Waals surface area contributed by atoms with Crippen LogP contribution in [0.5, 0.6) is 0 Å². The molecule has 1 aliphatic rings. The zero-order chi connectivity index (χ0) is 11.7. The largest absolute Gasteiger partial charge is 0.390 e. The highest BCUT2D eigenvalue weighted by Crippen LogP contribution is 2.28. The Balaban J connectivity index is 2.27. The van der Waals surface area contributed by atoms with Crippen molar-refractivity contribution in [2.24, 2.45) is 0 Å². The number of aliphatic hydroxyl groups is 1. The second-order valence-corrected chi connectivity index (χ2v) is 3.86. The smallest absolute Gasteiger partial charge is 0.330 e. The van der Waals surface area contributed by atoms with Crippen molar-refractivity contribution in [3.63, 3.8) is 0 Å². The molecule has 6 nitrogen and oxygen atoms in total. The number of hydrogen-bond acceptors (Lipinski definition) is 4. The van der Waals surface area contributed by atoms with Crippen LogP contribution in [0, 0.1) is 0 Å². The molecule has 88 valence electrons. The quantitative estimate of drug-likeness (QED) is 0.718. The minimum absolute atomic E-state index is 0.246. The lowest BCUT2D eigenvalue weighted by Gasteiger charge is -2.14. The first-order chi connectivity index (χ1) is 7.61. The lowest BCUT2D eigenvalue weighted by Crippen LogP contribution is -2.31. The van der Waals surface area contributed by atoms with Gasteiger partial charge >= 0.3 is 5.69 Å². The number of hydrogen-bond donors (Lipinski definition) is 2. The molecule has 1 aliphatic heterocycles. The first-order valence-corrected chi connectivity index (χ1v) is 5.27. The third kappa shape index (κ3) is 1.94. The number of ether oxygens (including phenoxy) is 1. The first kappa shape index (κ1) is 11.1. The highest BCUT2D eigenvalue weighted by molar-refractivity contribution is 4.87. The molecule has 2 heterocycles. The fraction of sp³-hybridized carbons (Fsp3) is 0.600. The van der Waals surface area contributed by atoms with E-state index in [0.29, 0.717) is 12.8 Å². The van der Waals surface area contributed by atoms with Gasteiger partial charge in [0.2, 0.25) is 0 Å². The maximum absolute atomic E-state index is 11.5. The molecule has 0 bridgehead atoms. The molecule has 0 aromatic carbocycles. The summed E-state index contributed by atoms with van der Waals surface area (Å²) in [5, 5.41) is 9.65. The predicted molar refractivity (Wildman–Crippen MR) is 56.1 cm³/mol. The lowest BCUT2D eigenvalue weighted by molar-refractivity contribution is -0.0217. The summed E-state index contributed by atoms with van der Waals surface area (Å²) in [6, 6.07) is 1.26. The molecule has 16 heavy (non-hydrogen) atoms. The zero-order valence-corrected chi connectivity index (χ0v) is 8.92. The Bertz CT molecular complexity index is 478. The zero-order valence-electron chi connectivity index (χ0n) is 8.92. The van der Waals surface area contributed by atoms with Crippen LogP contribution in [0.25, 0.3) is 0 Å². The highest BCUT2D eigenvalue weighted by Gasteiger charge is 2.33. The summed E-state index contributed by atoms with van der Waals surface area (Å²) >= 11 is 0. The van der Waals surface area contributed by atoms with E-state index < -0.39 is 23.6 Å². The Morgan fingerprint density at radius 3 is 2.94 bits per heavy atom. The molecule has 6 heteroatoms. The van der Waals surface area contributed by atoms with E-state index in [-0.39, 0.29) is 6.10 Å². The first-order valence-electron chi connectivity index (χ1n) is 5.27. The van der Waals surface area contributed by atoms with Crippen molar-refractivity contribution >= 4 is 0 Å². The van der Waals surface area contributed by atoms with E-state index in [1.807, 2.05) is 6.92 Å². The Labute approximate surface area is 91.5 Å². The molecule has 0 aliphatic carbocycles. The van der Waals surface area contributed by atoms with Gasteiger partial charge in [-0.15, -0.1) is 0 Å². The minimum atomic E-state index is -0.561. The van der Waals surface area contributed by atoms with Gasteiger partial charge in [-0.1, -0.05) is 6.92 Å². The van der Waals surface area contributed by atoms with Crippen LogP contribution in [0.3, 0.4) is 0 Å². The maximum atomic E-state index is 11.5. The van der Waals surface area contributed by atoms with E-state index in [2.05, 4.69) is 4.98 Å². The summed E-state index contributed by atoms with van der Waals surface area (Å²) in [5.41, 5.74) is -0.951. The van der Waals surface area contributed by atoms with Gasteiger partial charge in [-0.3, -0.25) is 14.3 Å². The monoisotopic (exact) mass is 226 g/mol. The molecule has 3 atom stereocenters. The molecule has 0 spiro atoms. The van der Waals surface area contributed by atoms with Crippen LogP contribution < -0.4 is 11.2 Å². The van der Waals surface area contributed by atoms with Crippen LogP contribution in [0.15, 0.2) is 21.9 Å². The summed E-state index contributed by atoms with van der Waals surface area (Å²) in [7, 11) is 0. The fourth-order valence-electron chi connectivity index (χ4n) is 1.91. The number of H-pyrrole nitrogens is 1. The molecule has 1 unspecified atom stereocenters. The van der Waals surface area contributed by atoms with Crippen molar-refractivity contribution in [2.45, 2.75) is 38.2 Å². The van der Waals surface area contributed by atoms with Gasteiger partial charge in [0.1, 0.15) is 6.23 Å². The number of nitrogens with one attached hydrogen (secondary N) is 1. The van der Waals surface area contributed by atoms with Gasteiger partial charge in [-0.05, 0) is 6.42 Å². The highest BCUT2D eigenvalue weighted by atomic mass is 16.5. The van der Waals surface area contributed by atoms with Crippen molar-refractivity contribution < 1.29 is 9.84 Å². The fourth-order valence-corrected chi connectivity index (χ4v) is 1.91. The third-order valence-corrected chi connectivity index (χ3v) is 2.77. The number of aliphatic hydroxyl groups excluding tert-OH is 1. The molecule has 0 radical (unpaired) electrons. The number of nitrogens with zero attached hydrogens (tertiary/aromatic N) is 1. The number of aromatic amines is 1. The van der Waals surface area contributed by atoms with Crippen LogP contribution in [-0.4, -0.2) is 26.9 Å². The van der Waals surface area contributed by atoms with Crippen molar-refractivity contribution in [3.8, 4) is 0 Å².